The molecule has 0 aliphatic rings. The Morgan fingerprint density at radius 1 is 1.29 bits per heavy atom. The molecule has 0 N–H and O–H groups in total. The van der Waals surface area contributed by atoms with E-state index in [1.165, 1.54) is 0 Å². The number of pyridine rings is 1. The van der Waals surface area contributed by atoms with E-state index in [0.29, 0.717) is 0 Å². The first-order valence-corrected chi connectivity index (χ1v) is 5.18. The van der Waals surface area contributed by atoms with Crippen LogP contribution in [0.4, 0.5) is 0 Å². The molecule has 1 heterocycles. The fourth-order valence-electron chi connectivity index (χ4n) is 1.01. The average Bonchev–Trinajstić information content (AvgIpc) is 2.23. The minimum absolute atomic E-state index is 0.741. The monoisotopic (exact) mass is 296 g/mol. The highest BCUT2D eigenvalue weighted by Gasteiger charge is 2.00. The van der Waals surface area contributed by atoms with Gasteiger partial charge in [0.15, 0.2) is 0 Å². The Balaban J connectivity index is 2.24. The summed E-state index contributed by atoms with van der Waals surface area (Å²) < 4.78 is 6.57. The van der Waals surface area contributed by atoms with Crippen LogP contribution in [-0.2, 0) is 0 Å². The van der Waals surface area contributed by atoms with E-state index in [1.807, 2.05) is 30.3 Å². The van der Waals surface area contributed by atoms with E-state index >= 15 is 0 Å². The Bertz CT molecular complexity index is 417. The van der Waals surface area contributed by atoms with Crippen molar-refractivity contribution in [2.45, 2.75) is 0 Å². The van der Waals surface area contributed by atoms with E-state index in [4.69, 9.17) is 4.74 Å². The molecule has 2 aromatic rings. The van der Waals surface area contributed by atoms with Gasteiger partial charge in [-0.25, -0.2) is 0 Å². The minimum Gasteiger partial charge on any atom is -0.455 e. The van der Waals surface area contributed by atoms with Crippen LogP contribution in [0.2, 0.25) is 0 Å². The summed E-state index contributed by atoms with van der Waals surface area (Å²) in [6, 6.07) is 12.4. The molecule has 0 spiro atoms. The maximum Gasteiger partial charge on any atom is 0.145 e. The number of hydrogen-bond acceptors (Lipinski definition) is 2. The number of ether oxygens (including phenoxy) is 1. The van der Waals surface area contributed by atoms with Crippen LogP contribution in [0.15, 0.2) is 42.7 Å². The van der Waals surface area contributed by atoms with Crippen LogP contribution in [-0.4, -0.2) is 4.98 Å². The number of halogens is 1. The van der Waals surface area contributed by atoms with Crippen LogP contribution in [0.3, 0.4) is 0 Å². The molecular formula is C11H7INO. The molecule has 69 valence electrons. The van der Waals surface area contributed by atoms with Gasteiger partial charge in [-0.2, -0.15) is 0 Å². The Morgan fingerprint density at radius 3 is 2.93 bits per heavy atom. The molecule has 0 aliphatic heterocycles. The largest absolute Gasteiger partial charge is 0.455 e. The standard InChI is InChI=1S/C11H7INO/c12-10-5-1-2-6-11(10)14-9-4-3-7-13-8-9/h1-4,6-8H. The molecule has 1 aromatic carbocycles. The van der Waals surface area contributed by atoms with Gasteiger partial charge in [-0.05, 0) is 46.9 Å². The van der Waals surface area contributed by atoms with Crippen LogP contribution in [0.25, 0.3) is 0 Å². The van der Waals surface area contributed by atoms with Gasteiger partial charge in [-0.1, -0.05) is 12.1 Å². The smallest absolute Gasteiger partial charge is 0.145 e. The molecule has 0 amide bonds. The SMILES string of the molecule is Ic1[c]cccc1Oc1cccnc1. The van der Waals surface area contributed by atoms with Gasteiger partial charge in [0.2, 0.25) is 0 Å². The van der Waals surface area contributed by atoms with Gasteiger partial charge in [-0.15, -0.1) is 0 Å². The van der Waals surface area contributed by atoms with Crippen LogP contribution in [0.5, 0.6) is 11.5 Å². The lowest BCUT2D eigenvalue weighted by Crippen LogP contribution is -1.87. The molecule has 0 aliphatic carbocycles. The van der Waals surface area contributed by atoms with Gasteiger partial charge in [0, 0.05) is 6.20 Å². The van der Waals surface area contributed by atoms with Gasteiger partial charge < -0.3 is 4.74 Å². The van der Waals surface area contributed by atoms with Crippen LogP contribution < -0.4 is 4.74 Å². The highest BCUT2D eigenvalue weighted by Crippen LogP contribution is 2.24. The Labute approximate surface area is 96.1 Å². The minimum atomic E-state index is 0.741. The van der Waals surface area contributed by atoms with E-state index in [1.54, 1.807) is 12.4 Å². The molecule has 0 saturated heterocycles. The number of rotatable bonds is 2. The third-order valence-electron chi connectivity index (χ3n) is 1.63. The van der Waals surface area contributed by atoms with E-state index in [2.05, 4.69) is 33.6 Å². The van der Waals surface area contributed by atoms with Gasteiger partial charge in [0.25, 0.3) is 0 Å². The van der Waals surface area contributed by atoms with Gasteiger partial charge in [0.1, 0.15) is 11.5 Å². The predicted molar refractivity (Wildman–Crippen MR) is 62.3 cm³/mol. The maximum absolute atomic E-state index is 5.61. The van der Waals surface area contributed by atoms with Crippen LogP contribution in [0.1, 0.15) is 0 Å². The van der Waals surface area contributed by atoms with Gasteiger partial charge in [-0.3, -0.25) is 4.98 Å². The molecular weight excluding hydrogens is 289 g/mol. The summed E-state index contributed by atoms with van der Waals surface area (Å²) in [6.45, 7) is 0. The first-order valence-electron chi connectivity index (χ1n) is 4.10. The molecule has 1 radical (unpaired) electrons. The second-order valence-electron chi connectivity index (χ2n) is 2.64. The molecule has 14 heavy (non-hydrogen) atoms. The second-order valence-corrected chi connectivity index (χ2v) is 3.72. The zero-order chi connectivity index (χ0) is 9.80. The lowest BCUT2D eigenvalue weighted by Gasteiger charge is -2.05. The highest BCUT2D eigenvalue weighted by molar-refractivity contribution is 14.1. The van der Waals surface area contributed by atoms with Crippen LogP contribution in [0, 0.1) is 9.64 Å². The summed E-state index contributed by atoms with van der Waals surface area (Å²) in [6.07, 6.45) is 3.40. The molecule has 1 aromatic heterocycles. The van der Waals surface area contributed by atoms with Crippen molar-refractivity contribution in [3.63, 3.8) is 0 Å². The second kappa shape index (κ2) is 4.41. The Hall–Kier alpha value is -1.10. The van der Waals surface area contributed by atoms with E-state index < -0.39 is 0 Å². The fourth-order valence-corrected chi connectivity index (χ4v) is 1.48. The maximum atomic E-state index is 5.61. The summed E-state index contributed by atoms with van der Waals surface area (Å²) in [5, 5.41) is 0. The normalized spacial score (nSPS) is 9.79. The lowest BCUT2D eigenvalue weighted by atomic mass is 10.3. The van der Waals surface area contributed by atoms with Gasteiger partial charge in [0.05, 0.1) is 9.77 Å². The van der Waals surface area contributed by atoms with Crippen LogP contribution >= 0.6 is 22.6 Å². The molecule has 0 unspecified atom stereocenters. The van der Waals surface area contributed by atoms with Crippen molar-refractivity contribution in [2.75, 3.05) is 0 Å². The zero-order valence-corrected chi connectivity index (χ0v) is 9.43. The van der Waals surface area contributed by atoms with Crippen molar-refractivity contribution in [1.29, 1.82) is 0 Å². The third kappa shape index (κ3) is 2.23. The number of hydrogen-bond donors (Lipinski definition) is 0. The number of aromatic nitrogens is 1. The Kier molecular flexibility index (Phi) is 2.98. The van der Waals surface area contributed by atoms with Crippen molar-refractivity contribution in [3.05, 3.63) is 52.4 Å². The first-order chi connectivity index (χ1) is 6.86. The van der Waals surface area contributed by atoms with Crippen molar-refractivity contribution in [3.8, 4) is 11.5 Å². The van der Waals surface area contributed by atoms with E-state index in [0.717, 1.165) is 15.1 Å². The topological polar surface area (TPSA) is 22.1 Å². The van der Waals surface area contributed by atoms with Crippen molar-refractivity contribution < 1.29 is 4.74 Å². The summed E-state index contributed by atoms with van der Waals surface area (Å²) in [5.74, 6) is 1.55. The summed E-state index contributed by atoms with van der Waals surface area (Å²) in [4.78, 5) is 3.97. The third-order valence-corrected chi connectivity index (χ3v) is 2.48. The zero-order valence-electron chi connectivity index (χ0n) is 7.27. The quantitative estimate of drug-likeness (QED) is 0.793. The predicted octanol–water partition coefficient (Wildman–Crippen LogP) is 3.28. The Morgan fingerprint density at radius 2 is 2.21 bits per heavy atom. The van der Waals surface area contributed by atoms with Crippen molar-refractivity contribution in [1.82, 2.24) is 4.98 Å². The lowest BCUT2D eigenvalue weighted by molar-refractivity contribution is 0.477. The van der Waals surface area contributed by atoms with Gasteiger partial charge >= 0.3 is 0 Å². The summed E-state index contributed by atoms with van der Waals surface area (Å²) >= 11 is 2.19. The summed E-state index contributed by atoms with van der Waals surface area (Å²) in [5.41, 5.74) is 0. The number of nitrogens with zero attached hydrogens (tertiary/aromatic N) is 1. The first kappa shape index (κ1) is 9.45. The molecule has 3 heteroatoms. The highest BCUT2D eigenvalue weighted by atomic mass is 127. The fraction of sp³-hybridized carbons (Fsp3) is 0. The van der Waals surface area contributed by atoms with Crippen molar-refractivity contribution in [2.24, 2.45) is 0 Å². The molecule has 0 saturated carbocycles. The molecule has 2 rings (SSSR count). The molecule has 2 nitrogen and oxygen atoms in total. The van der Waals surface area contributed by atoms with E-state index in [9.17, 15) is 0 Å². The molecule has 0 atom stereocenters. The molecule has 0 fully saturated rings. The molecule has 0 bridgehead atoms. The van der Waals surface area contributed by atoms with Crippen molar-refractivity contribution >= 4 is 22.6 Å². The average molecular weight is 296 g/mol. The summed E-state index contributed by atoms with van der Waals surface area (Å²) in [7, 11) is 0. The van der Waals surface area contributed by atoms with E-state index in [-0.39, 0.29) is 0 Å². The number of benzene rings is 1.